The summed E-state index contributed by atoms with van der Waals surface area (Å²) in [5.74, 6) is 0.637. The molecule has 2 amide bonds. The van der Waals surface area contributed by atoms with Crippen LogP contribution in [-0.4, -0.2) is 23.6 Å². The third kappa shape index (κ3) is 5.21. The van der Waals surface area contributed by atoms with Crippen molar-refractivity contribution in [2.24, 2.45) is 10.9 Å². The number of amides is 2. The molecule has 0 saturated heterocycles. The summed E-state index contributed by atoms with van der Waals surface area (Å²) in [4.78, 5) is 29.3. The molecule has 2 aliphatic rings. The number of hydrogen-bond acceptors (Lipinski definition) is 5. The zero-order valence-corrected chi connectivity index (χ0v) is 16.2. The van der Waals surface area contributed by atoms with Crippen molar-refractivity contribution in [2.75, 3.05) is 5.73 Å². The van der Waals surface area contributed by atoms with Gasteiger partial charge in [-0.15, -0.1) is 0 Å². The van der Waals surface area contributed by atoms with Crippen LogP contribution in [0.4, 0.5) is 10.5 Å². The van der Waals surface area contributed by atoms with Crippen molar-refractivity contribution in [2.45, 2.75) is 64.0 Å². The van der Waals surface area contributed by atoms with Gasteiger partial charge in [-0.3, -0.25) is 15.4 Å². The molecule has 0 bridgehead atoms. The minimum absolute atomic E-state index is 0.124. The number of carbonyl (C=O) groups is 2. The van der Waals surface area contributed by atoms with E-state index in [9.17, 15) is 9.59 Å². The van der Waals surface area contributed by atoms with Gasteiger partial charge < -0.3 is 10.5 Å². The summed E-state index contributed by atoms with van der Waals surface area (Å²) in [5, 5.41) is 5.22. The molecule has 1 fully saturated rings. The molecule has 0 aromatic heterocycles. The van der Waals surface area contributed by atoms with Gasteiger partial charge in [-0.05, 0) is 57.2 Å². The lowest BCUT2D eigenvalue weighted by molar-refractivity contribution is -0.121. The van der Waals surface area contributed by atoms with Crippen LogP contribution in [0.3, 0.4) is 0 Å². The van der Waals surface area contributed by atoms with Crippen LogP contribution in [0.2, 0.25) is 0 Å². The molecule has 1 aliphatic carbocycles. The Labute approximate surface area is 159 Å². The molecular formula is C20H28N4O3. The highest BCUT2D eigenvalue weighted by Crippen LogP contribution is 2.42. The summed E-state index contributed by atoms with van der Waals surface area (Å²) in [6.07, 6.45) is 3.76. The Morgan fingerprint density at radius 3 is 2.78 bits per heavy atom. The predicted octanol–water partition coefficient (Wildman–Crippen LogP) is 3.05. The maximum atomic E-state index is 12.5. The standard InChI is InChI=1S/C20H28N4O3/c1-19(2,3)27-18(26)23-17-22-16(25)12-20(24-17,10-9-13-7-8-13)14-5-4-6-15(21)11-14/h4-6,11,13H,7-10,12,21H2,1-3H3,(H2,22,23,24,25,26)/t20-/m0/s1. The average molecular weight is 372 g/mol. The number of nitrogens with two attached hydrogens (primary N) is 1. The summed E-state index contributed by atoms with van der Waals surface area (Å²) < 4.78 is 5.27. The Kier molecular flexibility index (Phi) is 5.13. The average Bonchev–Trinajstić information content (AvgIpc) is 3.35. The zero-order chi connectivity index (χ0) is 19.7. The van der Waals surface area contributed by atoms with E-state index in [-0.39, 0.29) is 18.3 Å². The van der Waals surface area contributed by atoms with E-state index in [2.05, 4.69) is 10.6 Å². The summed E-state index contributed by atoms with van der Waals surface area (Å²) >= 11 is 0. The van der Waals surface area contributed by atoms with E-state index >= 15 is 0 Å². The van der Waals surface area contributed by atoms with Gasteiger partial charge in [0.25, 0.3) is 0 Å². The van der Waals surface area contributed by atoms with Gasteiger partial charge in [0.15, 0.2) is 0 Å². The van der Waals surface area contributed by atoms with E-state index in [0.717, 1.165) is 18.4 Å². The number of ether oxygens (including phenoxy) is 1. The number of hydrogen-bond donors (Lipinski definition) is 3. The highest BCUT2D eigenvalue weighted by Gasteiger charge is 2.40. The number of rotatable bonds is 4. The van der Waals surface area contributed by atoms with Crippen LogP contribution >= 0.6 is 0 Å². The molecule has 146 valence electrons. The Balaban J connectivity index is 1.89. The van der Waals surface area contributed by atoms with E-state index in [4.69, 9.17) is 15.5 Å². The number of guanidine groups is 1. The van der Waals surface area contributed by atoms with Gasteiger partial charge >= 0.3 is 6.09 Å². The Hall–Kier alpha value is -2.57. The van der Waals surface area contributed by atoms with Crippen molar-refractivity contribution in [3.63, 3.8) is 0 Å². The third-order valence-corrected chi connectivity index (χ3v) is 4.74. The second kappa shape index (κ2) is 7.21. The minimum Gasteiger partial charge on any atom is -0.444 e. The van der Waals surface area contributed by atoms with Crippen molar-refractivity contribution >= 4 is 23.6 Å². The van der Waals surface area contributed by atoms with E-state index in [1.54, 1.807) is 20.8 Å². The molecule has 1 aromatic carbocycles. The molecule has 1 atom stereocenters. The van der Waals surface area contributed by atoms with E-state index in [1.807, 2.05) is 24.3 Å². The molecule has 3 rings (SSSR count). The number of nitrogens with zero attached hydrogens (tertiary/aromatic N) is 1. The molecule has 4 N–H and O–H groups in total. The molecule has 1 aromatic rings. The number of alkyl carbamates (subject to hydrolysis) is 1. The lowest BCUT2D eigenvalue weighted by Gasteiger charge is -2.34. The van der Waals surface area contributed by atoms with Gasteiger partial charge in [0.05, 0.1) is 12.0 Å². The predicted molar refractivity (Wildman–Crippen MR) is 104 cm³/mol. The fraction of sp³-hybridized carbons (Fsp3) is 0.550. The Bertz CT molecular complexity index is 765. The maximum absolute atomic E-state index is 12.5. The van der Waals surface area contributed by atoms with Crippen LogP contribution in [-0.2, 0) is 15.1 Å². The van der Waals surface area contributed by atoms with E-state index in [1.165, 1.54) is 12.8 Å². The molecule has 1 aliphatic heterocycles. The second-order valence-electron chi connectivity index (χ2n) is 8.45. The molecule has 1 saturated carbocycles. The maximum Gasteiger partial charge on any atom is 0.414 e. The first-order chi connectivity index (χ1) is 12.7. The summed E-state index contributed by atoms with van der Waals surface area (Å²) in [7, 11) is 0. The van der Waals surface area contributed by atoms with Crippen LogP contribution in [0.25, 0.3) is 0 Å². The quantitative estimate of drug-likeness (QED) is 0.706. The van der Waals surface area contributed by atoms with E-state index in [0.29, 0.717) is 11.6 Å². The molecule has 0 radical (unpaired) electrons. The highest BCUT2D eigenvalue weighted by molar-refractivity contribution is 6.05. The zero-order valence-electron chi connectivity index (χ0n) is 16.2. The summed E-state index contributed by atoms with van der Waals surface area (Å²) in [6.45, 7) is 5.33. The first-order valence-corrected chi connectivity index (χ1v) is 9.41. The first kappa shape index (κ1) is 19.2. The smallest absolute Gasteiger partial charge is 0.414 e. The van der Waals surface area contributed by atoms with Crippen LogP contribution < -0.4 is 16.4 Å². The fourth-order valence-corrected chi connectivity index (χ4v) is 3.32. The summed E-state index contributed by atoms with van der Waals surface area (Å²) in [5.41, 5.74) is 6.12. The highest BCUT2D eigenvalue weighted by atomic mass is 16.6. The number of nitrogen functional groups attached to an aromatic ring is 1. The van der Waals surface area contributed by atoms with Crippen LogP contribution in [0.1, 0.15) is 58.4 Å². The van der Waals surface area contributed by atoms with E-state index < -0.39 is 17.2 Å². The Morgan fingerprint density at radius 2 is 2.15 bits per heavy atom. The minimum atomic E-state index is -0.731. The number of carbonyl (C=O) groups excluding carboxylic acids is 2. The molecule has 1 heterocycles. The number of anilines is 1. The molecular weight excluding hydrogens is 344 g/mol. The van der Waals surface area contributed by atoms with Crippen molar-refractivity contribution in [3.8, 4) is 0 Å². The second-order valence-corrected chi connectivity index (χ2v) is 8.45. The lowest BCUT2D eigenvalue weighted by Crippen LogP contribution is -2.52. The SMILES string of the molecule is CC(C)(C)OC(=O)NC1=N[C@](CCC2CC2)(c2cccc(N)c2)CC(=O)N1. The first-order valence-electron chi connectivity index (χ1n) is 9.41. The van der Waals surface area contributed by atoms with Crippen molar-refractivity contribution in [3.05, 3.63) is 29.8 Å². The topological polar surface area (TPSA) is 106 Å². The number of nitrogens with one attached hydrogen (secondary N) is 2. The largest absolute Gasteiger partial charge is 0.444 e. The van der Waals surface area contributed by atoms with Crippen LogP contribution in [0.5, 0.6) is 0 Å². The summed E-state index contributed by atoms with van der Waals surface area (Å²) in [6, 6.07) is 7.48. The number of aliphatic imine (C=N–C) groups is 1. The van der Waals surface area contributed by atoms with Gasteiger partial charge in [0, 0.05) is 5.69 Å². The van der Waals surface area contributed by atoms with Crippen molar-refractivity contribution < 1.29 is 14.3 Å². The third-order valence-electron chi connectivity index (χ3n) is 4.74. The monoisotopic (exact) mass is 372 g/mol. The molecule has 0 unspecified atom stereocenters. The van der Waals surface area contributed by atoms with Gasteiger partial charge in [-0.2, -0.15) is 0 Å². The van der Waals surface area contributed by atoms with Gasteiger partial charge in [-0.25, -0.2) is 9.79 Å². The van der Waals surface area contributed by atoms with Gasteiger partial charge in [0.1, 0.15) is 5.60 Å². The van der Waals surface area contributed by atoms with Crippen LogP contribution in [0.15, 0.2) is 29.3 Å². The fourth-order valence-electron chi connectivity index (χ4n) is 3.32. The normalized spacial score (nSPS) is 22.6. The molecule has 7 heteroatoms. The van der Waals surface area contributed by atoms with Gasteiger partial charge in [0.2, 0.25) is 11.9 Å². The Morgan fingerprint density at radius 1 is 1.41 bits per heavy atom. The number of benzene rings is 1. The molecule has 7 nitrogen and oxygen atoms in total. The van der Waals surface area contributed by atoms with Crippen molar-refractivity contribution in [1.82, 2.24) is 10.6 Å². The molecule has 0 spiro atoms. The lowest BCUT2D eigenvalue weighted by atomic mass is 9.81. The van der Waals surface area contributed by atoms with Gasteiger partial charge in [-0.1, -0.05) is 25.0 Å². The van der Waals surface area contributed by atoms with Crippen LogP contribution in [0, 0.1) is 5.92 Å². The molecule has 27 heavy (non-hydrogen) atoms. The van der Waals surface area contributed by atoms with Crippen molar-refractivity contribution in [1.29, 1.82) is 0 Å².